The third kappa shape index (κ3) is 2.70. The molecule has 4 heteroatoms. The number of aryl methyl sites for hydroxylation is 2. The second kappa shape index (κ2) is 5.74. The number of hydrogen-bond acceptors (Lipinski definition) is 4. The zero-order chi connectivity index (χ0) is 16.0. The predicted molar refractivity (Wildman–Crippen MR) is 98.2 cm³/mol. The molecule has 0 atom stereocenters. The summed E-state index contributed by atoms with van der Waals surface area (Å²) in [4.78, 5) is 2.57. The molecule has 118 valence electrons. The number of thiophene rings is 2. The molecule has 0 fully saturated rings. The van der Waals surface area contributed by atoms with Crippen LogP contribution in [-0.2, 0) is 0 Å². The highest BCUT2D eigenvalue weighted by molar-refractivity contribution is 7.21. The number of rotatable bonds is 4. The van der Waals surface area contributed by atoms with Gasteiger partial charge in [-0.25, -0.2) is 0 Å². The Hall–Kier alpha value is -1.26. The van der Waals surface area contributed by atoms with Gasteiger partial charge in [-0.1, -0.05) is 0 Å². The normalized spacial score (nSPS) is 12.0. The van der Waals surface area contributed by atoms with E-state index >= 15 is 0 Å². The molecule has 0 saturated heterocycles. The lowest BCUT2D eigenvalue weighted by Gasteiger charge is -2.16. The van der Waals surface area contributed by atoms with E-state index in [1.165, 1.54) is 29.9 Å². The van der Waals surface area contributed by atoms with Crippen molar-refractivity contribution in [1.82, 2.24) is 0 Å². The maximum absolute atomic E-state index is 6.19. The van der Waals surface area contributed by atoms with Gasteiger partial charge in [0.1, 0.15) is 11.5 Å². The molecule has 3 rings (SSSR count). The standard InChI is InChI=1S/C18H22O2S2/c1-9(2)19-15-13-7-11(5)22-18(13)16(20-10(3)4)14-8-12(6)21-17(14)15/h7-10H,1-6H3. The summed E-state index contributed by atoms with van der Waals surface area (Å²) in [5.41, 5.74) is 0. The minimum absolute atomic E-state index is 0.158. The van der Waals surface area contributed by atoms with Crippen molar-refractivity contribution in [2.75, 3.05) is 0 Å². The van der Waals surface area contributed by atoms with Crippen LogP contribution in [0.4, 0.5) is 0 Å². The molecule has 2 heterocycles. The topological polar surface area (TPSA) is 18.5 Å². The van der Waals surface area contributed by atoms with E-state index < -0.39 is 0 Å². The summed E-state index contributed by atoms with van der Waals surface area (Å²) in [6, 6.07) is 4.44. The minimum Gasteiger partial charge on any atom is -0.489 e. The predicted octanol–water partition coefficient (Wildman–Crippen LogP) is 6.31. The molecule has 0 aliphatic rings. The average molecular weight is 335 g/mol. The smallest absolute Gasteiger partial charge is 0.146 e. The molecular formula is C18H22O2S2. The van der Waals surface area contributed by atoms with Crippen LogP contribution in [0.15, 0.2) is 12.1 Å². The third-order valence-electron chi connectivity index (χ3n) is 3.32. The van der Waals surface area contributed by atoms with Gasteiger partial charge in [-0.3, -0.25) is 0 Å². The minimum atomic E-state index is 0.158. The van der Waals surface area contributed by atoms with Crippen molar-refractivity contribution in [3.63, 3.8) is 0 Å². The van der Waals surface area contributed by atoms with Gasteiger partial charge in [-0.15, -0.1) is 22.7 Å². The summed E-state index contributed by atoms with van der Waals surface area (Å²) in [6.07, 6.45) is 0.316. The lowest BCUT2D eigenvalue weighted by atomic mass is 10.1. The van der Waals surface area contributed by atoms with Crippen LogP contribution in [0.25, 0.3) is 20.2 Å². The summed E-state index contributed by atoms with van der Waals surface area (Å²) >= 11 is 3.57. The Morgan fingerprint density at radius 3 is 1.41 bits per heavy atom. The zero-order valence-corrected chi connectivity index (χ0v) is 15.6. The first-order valence-electron chi connectivity index (χ1n) is 7.66. The van der Waals surface area contributed by atoms with E-state index in [-0.39, 0.29) is 12.2 Å². The first kappa shape index (κ1) is 15.6. The average Bonchev–Trinajstić information content (AvgIpc) is 2.95. The molecule has 0 amide bonds. The van der Waals surface area contributed by atoms with Crippen LogP contribution in [0.5, 0.6) is 11.5 Å². The second-order valence-electron chi connectivity index (χ2n) is 6.19. The molecule has 1 aromatic carbocycles. The monoisotopic (exact) mass is 334 g/mol. The molecule has 3 aromatic rings. The lowest BCUT2D eigenvalue weighted by Crippen LogP contribution is -2.08. The molecule has 0 aliphatic heterocycles. The molecular weight excluding hydrogens is 312 g/mol. The van der Waals surface area contributed by atoms with Crippen LogP contribution in [0.2, 0.25) is 0 Å². The fraction of sp³-hybridized carbons (Fsp3) is 0.444. The Labute approximate surface area is 139 Å². The summed E-state index contributed by atoms with van der Waals surface area (Å²) in [5.74, 6) is 2.03. The van der Waals surface area contributed by atoms with Crippen LogP contribution in [0, 0.1) is 13.8 Å². The van der Waals surface area contributed by atoms with Gasteiger partial charge in [0.05, 0.1) is 21.6 Å². The summed E-state index contributed by atoms with van der Waals surface area (Å²) in [5, 5.41) is 2.36. The van der Waals surface area contributed by atoms with Crippen LogP contribution in [-0.4, -0.2) is 12.2 Å². The van der Waals surface area contributed by atoms with Crippen LogP contribution < -0.4 is 9.47 Å². The Morgan fingerprint density at radius 1 is 0.727 bits per heavy atom. The van der Waals surface area contributed by atoms with Crippen LogP contribution in [0.1, 0.15) is 37.4 Å². The van der Waals surface area contributed by atoms with Gasteiger partial charge in [0.25, 0.3) is 0 Å². The van der Waals surface area contributed by atoms with Crippen molar-refractivity contribution in [2.45, 2.75) is 53.8 Å². The molecule has 0 spiro atoms. The summed E-state index contributed by atoms with van der Waals surface area (Å²) < 4.78 is 14.8. The van der Waals surface area contributed by atoms with Crippen LogP contribution >= 0.6 is 22.7 Å². The highest BCUT2D eigenvalue weighted by Crippen LogP contribution is 2.49. The summed E-state index contributed by atoms with van der Waals surface area (Å²) in [7, 11) is 0. The van der Waals surface area contributed by atoms with Gasteiger partial charge in [0.2, 0.25) is 0 Å². The first-order chi connectivity index (χ1) is 10.4. The quantitative estimate of drug-likeness (QED) is 0.557. The third-order valence-corrected chi connectivity index (χ3v) is 5.42. The largest absolute Gasteiger partial charge is 0.489 e. The lowest BCUT2D eigenvalue weighted by molar-refractivity contribution is 0.244. The fourth-order valence-electron chi connectivity index (χ4n) is 2.65. The highest BCUT2D eigenvalue weighted by atomic mass is 32.1. The Balaban J connectivity index is 2.40. The summed E-state index contributed by atoms with van der Waals surface area (Å²) in [6.45, 7) is 12.6. The molecule has 0 aliphatic carbocycles. The number of hydrogen-bond donors (Lipinski definition) is 0. The van der Waals surface area contributed by atoms with Crippen molar-refractivity contribution in [1.29, 1.82) is 0 Å². The van der Waals surface area contributed by atoms with Crippen molar-refractivity contribution in [3.05, 3.63) is 21.9 Å². The van der Waals surface area contributed by atoms with Gasteiger partial charge in [-0.2, -0.15) is 0 Å². The van der Waals surface area contributed by atoms with E-state index in [9.17, 15) is 0 Å². The van der Waals surface area contributed by atoms with Gasteiger partial charge < -0.3 is 9.47 Å². The van der Waals surface area contributed by atoms with E-state index in [4.69, 9.17) is 9.47 Å². The molecule has 0 N–H and O–H groups in total. The zero-order valence-electron chi connectivity index (χ0n) is 13.9. The number of benzene rings is 1. The Kier molecular flexibility index (Phi) is 4.08. The maximum atomic E-state index is 6.19. The van der Waals surface area contributed by atoms with E-state index in [0.717, 1.165) is 11.5 Å². The molecule has 0 bridgehead atoms. The molecule has 2 aromatic heterocycles. The maximum Gasteiger partial charge on any atom is 0.146 e. The van der Waals surface area contributed by atoms with Crippen molar-refractivity contribution < 1.29 is 9.47 Å². The first-order valence-corrected chi connectivity index (χ1v) is 9.29. The molecule has 0 radical (unpaired) electrons. The van der Waals surface area contributed by atoms with E-state index in [2.05, 4.69) is 53.7 Å². The highest BCUT2D eigenvalue weighted by Gasteiger charge is 2.21. The second-order valence-corrected chi connectivity index (χ2v) is 8.70. The molecule has 2 nitrogen and oxygen atoms in total. The van der Waals surface area contributed by atoms with Gasteiger partial charge >= 0.3 is 0 Å². The van der Waals surface area contributed by atoms with E-state index in [1.54, 1.807) is 22.7 Å². The van der Waals surface area contributed by atoms with E-state index in [1.807, 2.05) is 0 Å². The van der Waals surface area contributed by atoms with Crippen molar-refractivity contribution in [3.8, 4) is 11.5 Å². The molecule has 0 saturated carbocycles. The fourth-order valence-corrected chi connectivity index (χ4v) is 4.68. The van der Waals surface area contributed by atoms with Gasteiger partial charge in [0.15, 0.2) is 0 Å². The van der Waals surface area contributed by atoms with Crippen molar-refractivity contribution >= 4 is 42.8 Å². The van der Waals surface area contributed by atoms with Crippen LogP contribution in [0.3, 0.4) is 0 Å². The number of ether oxygens (including phenoxy) is 2. The van der Waals surface area contributed by atoms with Crippen molar-refractivity contribution in [2.24, 2.45) is 0 Å². The molecule has 0 unspecified atom stereocenters. The SMILES string of the molecule is Cc1cc2c(OC(C)C)c3sc(C)cc3c(OC(C)C)c2s1. The van der Waals surface area contributed by atoms with Gasteiger partial charge in [0, 0.05) is 20.5 Å². The Bertz CT molecular complexity index is 702. The van der Waals surface area contributed by atoms with Gasteiger partial charge in [-0.05, 0) is 53.7 Å². The number of fused-ring (bicyclic) bond motifs is 2. The van der Waals surface area contributed by atoms with E-state index in [0.29, 0.717) is 0 Å². The Morgan fingerprint density at radius 2 is 1.09 bits per heavy atom. The molecule has 22 heavy (non-hydrogen) atoms.